The second-order valence-corrected chi connectivity index (χ2v) is 7.16. The van der Waals surface area contributed by atoms with Crippen LogP contribution in [-0.2, 0) is 4.79 Å². The molecule has 0 spiro atoms. The van der Waals surface area contributed by atoms with Gasteiger partial charge in [-0.2, -0.15) is 11.8 Å². The number of benzene rings is 1. The van der Waals surface area contributed by atoms with Gasteiger partial charge in [-0.1, -0.05) is 17.7 Å². The fraction of sp³-hybridized carbons (Fsp3) is 0.500. The third kappa shape index (κ3) is 3.23. The lowest BCUT2D eigenvalue weighted by molar-refractivity contribution is -0.115. The quantitative estimate of drug-likeness (QED) is 0.901. The molecule has 0 aromatic heterocycles. The van der Waals surface area contributed by atoms with Crippen molar-refractivity contribution >= 4 is 35.1 Å². The Morgan fingerprint density at radius 3 is 2.44 bits per heavy atom. The fourth-order valence-electron chi connectivity index (χ4n) is 2.22. The maximum atomic E-state index is 12.2. The Hall–Kier alpha value is -0.610. The van der Waals surface area contributed by atoms with Crippen LogP contribution in [0.2, 0.25) is 0 Å². The standard InChI is InChI=1S/C14H19NOS2/c1-9-6-10(2)13(11(3)7-9)15-14(16)12-8-17-4-5-18-12/h6-7,12H,4-5,8H2,1-3H3,(H,15,16)/t12-/m0/s1. The molecule has 1 fully saturated rings. The molecule has 1 aromatic carbocycles. The summed E-state index contributed by atoms with van der Waals surface area (Å²) in [6.45, 7) is 6.19. The molecule has 1 atom stereocenters. The second kappa shape index (κ2) is 6.02. The summed E-state index contributed by atoms with van der Waals surface area (Å²) in [7, 11) is 0. The molecular weight excluding hydrogens is 262 g/mol. The zero-order chi connectivity index (χ0) is 13.1. The Morgan fingerprint density at radius 1 is 1.22 bits per heavy atom. The van der Waals surface area contributed by atoms with Gasteiger partial charge in [0.25, 0.3) is 0 Å². The summed E-state index contributed by atoms with van der Waals surface area (Å²) < 4.78 is 0. The number of hydrogen-bond donors (Lipinski definition) is 1. The van der Waals surface area contributed by atoms with Crippen LogP contribution in [0.15, 0.2) is 12.1 Å². The molecule has 0 radical (unpaired) electrons. The van der Waals surface area contributed by atoms with Gasteiger partial charge in [0.1, 0.15) is 0 Å². The van der Waals surface area contributed by atoms with E-state index in [1.54, 1.807) is 11.8 Å². The Labute approximate surface area is 117 Å². The predicted molar refractivity (Wildman–Crippen MR) is 82.9 cm³/mol. The van der Waals surface area contributed by atoms with E-state index >= 15 is 0 Å². The van der Waals surface area contributed by atoms with E-state index in [0.29, 0.717) is 0 Å². The highest BCUT2D eigenvalue weighted by Gasteiger charge is 2.22. The van der Waals surface area contributed by atoms with Crippen LogP contribution in [0.25, 0.3) is 0 Å². The van der Waals surface area contributed by atoms with Crippen LogP contribution < -0.4 is 5.32 Å². The Kier molecular flexibility index (Phi) is 4.62. The summed E-state index contributed by atoms with van der Waals surface area (Å²) in [4.78, 5) is 12.2. The largest absolute Gasteiger partial charge is 0.325 e. The van der Waals surface area contributed by atoms with Crippen molar-refractivity contribution in [2.45, 2.75) is 26.0 Å². The molecule has 0 saturated carbocycles. The first-order valence-corrected chi connectivity index (χ1v) is 8.36. The first kappa shape index (κ1) is 13.8. The number of aryl methyl sites for hydroxylation is 3. The minimum absolute atomic E-state index is 0.101. The number of thioether (sulfide) groups is 2. The predicted octanol–water partition coefficient (Wildman–Crippen LogP) is 3.40. The molecule has 1 aromatic rings. The molecule has 1 N–H and O–H groups in total. The molecule has 1 amide bonds. The molecule has 18 heavy (non-hydrogen) atoms. The monoisotopic (exact) mass is 281 g/mol. The van der Waals surface area contributed by atoms with E-state index in [2.05, 4.69) is 38.2 Å². The Balaban J connectivity index is 2.11. The number of amides is 1. The van der Waals surface area contributed by atoms with Crippen molar-refractivity contribution in [3.8, 4) is 0 Å². The van der Waals surface area contributed by atoms with Gasteiger partial charge in [0.2, 0.25) is 5.91 Å². The average molecular weight is 281 g/mol. The minimum Gasteiger partial charge on any atom is -0.325 e. The van der Waals surface area contributed by atoms with E-state index < -0.39 is 0 Å². The summed E-state index contributed by atoms with van der Waals surface area (Å²) in [5, 5.41) is 3.20. The summed E-state index contributed by atoms with van der Waals surface area (Å²) in [5.41, 5.74) is 4.52. The van der Waals surface area contributed by atoms with Crippen LogP contribution in [0.3, 0.4) is 0 Å². The average Bonchev–Trinajstić information content (AvgIpc) is 2.34. The first-order chi connectivity index (χ1) is 8.58. The highest BCUT2D eigenvalue weighted by molar-refractivity contribution is 8.07. The number of hydrogen-bond acceptors (Lipinski definition) is 3. The SMILES string of the molecule is Cc1cc(C)c(NC(=O)[C@@H]2CSCCS2)c(C)c1. The van der Waals surface area contributed by atoms with Crippen molar-refractivity contribution in [2.75, 3.05) is 22.6 Å². The molecule has 1 aliphatic heterocycles. The molecule has 0 unspecified atom stereocenters. The van der Waals surface area contributed by atoms with E-state index in [0.717, 1.165) is 34.1 Å². The van der Waals surface area contributed by atoms with E-state index in [-0.39, 0.29) is 11.2 Å². The number of anilines is 1. The molecule has 4 heteroatoms. The third-order valence-corrected chi connectivity index (χ3v) is 5.79. The van der Waals surface area contributed by atoms with Crippen molar-refractivity contribution in [2.24, 2.45) is 0 Å². The number of rotatable bonds is 2. The van der Waals surface area contributed by atoms with Crippen LogP contribution >= 0.6 is 23.5 Å². The number of carbonyl (C=O) groups is 1. The van der Waals surface area contributed by atoms with Gasteiger partial charge in [-0.15, -0.1) is 11.8 Å². The molecule has 0 bridgehead atoms. The Bertz CT molecular complexity index is 430. The zero-order valence-corrected chi connectivity index (χ0v) is 12.7. The third-order valence-electron chi connectivity index (χ3n) is 3.03. The highest BCUT2D eigenvalue weighted by atomic mass is 32.2. The summed E-state index contributed by atoms with van der Waals surface area (Å²) >= 11 is 3.64. The summed E-state index contributed by atoms with van der Waals surface area (Å²) in [5.74, 6) is 3.33. The lowest BCUT2D eigenvalue weighted by atomic mass is 10.1. The smallest absolute Gasteiger partial charge is 0.238 e. The van der Waals surface area contributed by atoms with Crippen molar-refractivity contribution in [1.29, 1.82) is 0 Å². The van der Waals surface area contributed by atoms with Crippen molar-refractivity contribution < 1.29 is 4.79 Å². The molecule has 2 rings (SSSR count). The van der Waals surface area contributed by atoms with Crippen LogP contribution in [-0.4, -0.2) is 28.4 Å². The van der Waals surface area contributed by atoms with Crippen molar-refractivity contribution in [3.63, 3.8) is 0 Å². The summed E-state index contributed by atoms with van der Waals surface area (Å²) in [6.07, 6.45) is 0. The van der Waals surface area contributed by atoms with Gasteiger partial charge in [0.05, 0.1) is 5.25 Å². The number of carbonyl (C=O) groups excluding carboxylic acids is 1. The van der Waals surface area contributed by atoms with Gasteiger partial charge in [-0.05, 0) is 31.9 Å². The zero-order valence-electron chi connectivity index (χ0n) is 11.1. The molecule has 98 valence electrons. The normalized spacial score (nSPS) is 19.6. The van der Waals surface area contributed by atoms with Gasteiger partial charge in [0, 0.05) is 22.9 Å². The molecule has 2 nitrogen and oxygen atoms in total. The van der Waals surface area contributed by atoms with Gasteiger partial charge >= 0.3 is 0 Å². The lowest BCUT2D eigenvalue weighted by Gasteiger charge is -2.21. The molecule has 1 saturated heterocycles. The van der Waals surface area contributed by atoms with E-state index in [9.17, 15) is 4.79 Å². The lowest BCUT2D eigenvalue weighted by Crippen LogP contribution is -2.30. The van der Waals surface area contributed by atoms with Crippen molar-refractivity contribution in [1.82, 2.24) is 0 Å². The second-order valence-electron chi connectivity index (χ2n) is 4.70. The van der Waals surface area contributed by atoms with E-state index in [4.69, 9.17) is 0 Å². The Morgan fingerprint density at radius 2 is 1.89 bits per heavy atom. The van der Waals surface area contributed by atoms with Crippen LogP contribution in [0.1, 0.15) is 16.7 Å². The molecule has 0 aliphatic carbocycles. The fourth-order valence-corrected chi connectivity index (χ4v) is 4.78. The topological polar surface area (TPSA) is 29.1 Å². The first-order valence-electron chi connectivity index (χ1n) is 6.16. The van der Waals surface area contributed by atoms with Crippen LogP contribution in [0, 0.1) is 20.8 Å². The van der Waals surface area contributed by atoms with Gasteiger partial charge in [0.15, 0.2) is 0 Å². The van der Waals surface area contributed by atoms with Crippen LogP contribution in [0.5, 0.6) is 0 Å². The van der Waals surface area contributed by atoms with E-state index in [1.807, 2.05) is 11.8 Å². The minimum atomic E-state index is 0.101. The van der Waals surface area contributed by atoms with Gasteiger partial charge < -0.3 is 5.32 Å². The number of nitrogens with one attached hydrogen (secondary N) is 1. The van der Waals surface area contributed by atoms with E-state index in [1.165, 1.54) is 5.56 Å². The molecule has 1 heterocycles. The maximum absolute atomic E-state index is 12.2. The molecule has 1 aliphatic rings. The van der Waals surface area contributed by atoms with Gasteiger partial charge in [-0.3, -0.25) is 4.79 Å². The highest BCUT2D eigenvalue weighted by Crippen LogP contribution is 2.27. The van der Waals surface area contributed by atoms with Crippen molar-refractivity contribution in [3.05, 3.63) is 28.8 Å². The summed E-state index contributed by atoms with van der Waals surface area (Å²) in [6, 6.07) is 4.23. The maximum Gasteiger partial charge on any atom is 0.238 e. The van der Waals surface area contributed by atoms with Crippen LogP contribution in [0.4, 0.5) is 5.69 Å². The molecular formula is C14H19NOS2. The van der Waals surface area contributed by atoms with Gasteiger partial charge in [-0.25, -0.2) is 0 Å².